The van der Waals surface area contributed by atoms with E-state index in [1.165, 1.54) is 11.4 Å². The van der Waals surface area contributed by atoms with Gasteiger partial charge in [-0.1, -0.05) is 18.2 Å². The molecule has 0 bridgehead atoms. The van der Waals surface area contributed by atoms with Crippen molar-refractivity contribution in [1.29, 1.82) is 0 Å². The Morgan fingerprint density at radius 3 is 2.67 bits per heavy atom. The number of esters is 1. The Bertz CT molecular complexity index is 639. The number of halogens is 4. The molecule has 0 N–H and O–H groups in total. The number of aromatic nitrogens is 1. The van der Waals surface area contributed by atoms with Crippen molar-refractivity contribution in [2.75, 3.05) is 6.61 Å². The standard InChI is InChI=1S/C13H9F4NO2S/c14-9-4-2-1-3-8(9)5-11-18-10(6-21-11)12(19)20-7-13(15,16)17/h1-4,6H,5,7H2. The Morgan fingerprint density at radius 2 is 2.00 bits per heavy atom. The van der Waals surface area contributed by atoms with Crippen LogP contribution in [0, 0.1) is 5.82 Å². The van der Waals surface area contributed by atoms with Crippen molar-refractivity contribution in [1.82, 2.24) is 4.98 Å². The minimum Gasteiger partial charge on any atom is -0.451 e. The maximum atomic E-state index is 13.5. The van der Waals surface area contributed by atoms with Gasteiger partial charge in [-0.05, 0) is 11.6 Å². The Hall–Kier alpha value is -1.96. The number of carbonyl (C=O) groups excluding carboxylic acids is 1. The third kappa shape index (κ3) is 4.52. The lowest BCUT2D eigenvalue weighted by molar-refractivity contribution is -0.161. The van der Waals surface area contributed by atoms with Crippen LogP contribution in [-0.4, -0.2) is 23.7 Å². The SMILES string of the molecule is O=C(OCC(F)(F)F)c1csc(Cc2ccccc2F)n1. The van der Waals surface area contributed by atoms with Gasteiger partial charge in [-0.15, -0.1) is 11.3 Å². The van der Waals surface area contributed by atoms with Crippen LogP contribution in [0.15, 0.2) is 29.6 Å². The van der Waals surface area contributed by atoms with Gasteiger partial charge in [0, 0.05) is 11.8 Å². The molecule has 0 amide bonds. The molecule has 0 aliphatic carbocycles. The van der Waals surface area contributed by atoms with Gasteiger partial charge < -0.3 is 4.74 Å². The molecule has 0 saturated carbocycles. The van der Waals surface area contributed by atoms with Crippen molar-refractivity contribution in [2.24, 2.45) is 0 Å². The summed E-state index contributed by atoms with van der Waals surface area (Å²) in [5.74, 6) is -1.56. The first-order valence-electron chi connectivity index (χ1n) is 5.77. The molecule has 8 heteroatoms. The molecule has 0 unspecified atom stereocenters. The van der Waals surface area contributed by atoms with Crippen molar-refractivity contribution < 1.29 is 27.1 Å². The lowest BCUT2D eigenvalue weighted by atomic mass is 10.1. The van der Waals surface area contributed by atoms with Crippen molar-refractivity contribution in [2.45, 2.75) is 12.6 Å². The van der Waals surface area contributed by atoms with Crippen LogP contribution in [-0.2, 0) is 11.2 Å². The number of hydrogen-bond acceptors (Lipinski definition) is 4. The predicted molar refractivity (Wildman–Crippen MR) is 67.7 cm³/mol. The van der Waals surface area contributed by atoms with E-state index >= 15 is 0 Å². The van der Waals surface area contributed by atoms with E-state index in [0.717, 1.165) is 11.3 Å². The molecule has 0 spiro atoms. The lowest BCUT2D eigenvalue weighted by Crippen LogP contribution is -2.20. The summed E-state index contributed by atoms with van der Waals surface area (Å²) in [5, 5.41) is 1.70. The Morgan fingerprint density at radius 1 is 1.29 bits per heavy atom. The molecule has 1 heterocycles. The van der Waals surface area contributed by atoms with E-state index in [4.69, 9.17) is 0 Å². The Balaban J connectivity index is 2.01. The molecule has 3 nitrogen and oxygen atoms in total. The fourth-order valence-corrected chi connectivity index (χ4v) is 2.30. The van der Waals surface area contributed by atoms with Gasteiger partial charge in [0.05, 0.1) is 5.01 Å². The van der Waals surface area contributed by atoms with Crippen LogP contribution in [0.5, 0.6) is 0 Å². The van der Waals surface area contributed by atoms with Gasteiger partial charge in [0.1, 0.15) is 5.82 Å². The lowest BCUT2D eigenvalue weighted by Gasteiger charge is -2.05. The van der Waals surface area contributed by atoms with Crippen LogP contribution < -0.4 is 0 Å². The molecule has 2 aromatic rings. The average molecular weight is 319 g/mol. The molecule has 1 aromatic heterocycles. The second-order valence-electron chi connectivity index (χ2n) is 4.09. The number of hydrogen-bond donors (Lipinski definition) is 0. The molecule has 112 valence electrons. The van der Waals surface area contributed by atoms with E-state index in [1.54, 1.807) is 18.2 Å². The average Bonchev–Trinajstić information content (AvgIpc) is 2.86. The summed E-state index contributed by atoms with van der Waals surface area (Å²) in [4.78, 5) is 15.2. The predicted octanol–water partition coefficient (Wildman–Crippen LogP) is 3.59. The maximum absolute atomic E-state index is 13.5. The van der Waals surface area contributed by atoms with Crippen LogP contribution >= 0.6 is 11.3 Å². The van der Waals surface area contributed by atoms with Gasteiger partial charge in [0.2, 0.25) is 0 Å². The number of benzene rings is 1. The second-order valence-corrected chi connectivity index (χ2v) is 5.03. The normalized spacial score (nSPS) is 11.4. The van der Waals surface area contributed by atoms with E-state index in [0.29, 0.717) is 10.6 Å². The minimum absolute atomic E-state index is 0.157. The van der Waals surface area contributed by atoms with Gasteiger partial charge in [-0.3, -0.25) is 0 Å². The molecule has 0 atom stereocenters. The summed E-state index contributed by atoms with van der Waals surface area (Å²) in [6.45, 7) is -1.66. The van der Waals surface area contributed by atoms with Crippen LogP contribution in [0.3, 0.4) is 0 Å². The molecule has 0 aliphatic rings. The van der Waals surface area contributed by atoms with E-state index < -0.39 is 24.6 Å². The Labute approximate surface area is 121 Å². The van der Waals surface area contributed by atoms with Crippen LogP contribution in [0.4, 0.5) is 17.6 Å². The van der Waals surface area contributed by atoms with Gasteiger partial charge in [-0.2, -0.15) is 13.2 Å². The zero-order chi connectivity index (χ0) is 15.5. The highest BCUT2D eigenvalue weighted by Gasteiger charge is 2.30. The second kappa shape index (κ2) is 6.21. The van der Waals surface area contributed by atoms with Crippen molar-refractivity contribution in [3.8, 4) is 0 Å². The van der Waals surface area contributed by atoms with Gasteiger partial charge >= 0.3 is 12.1 Å². The van der Waals surface area contributed by atoms with Gasteiger partial charge in [0.15, 0.2) is 12.3 Å². The van der Waals surface area contributed by atoms with Crippen LogP contribution in [0.2, 0.25) is 0 Å². The first-order valence-corrected chi connectivity index (χ1v) is 6.65. The zero-order valence-electron chi connectivity index (χ0n) is 10.5. The summed E-state index contributed by atoms with van der Waals surface area (Å²) in [6, 6.07) is 6.06. The molecule has 1 aromatic carbocycles. The number of nitrogens with zero attached hydrogens (tertiary/aromatic N) is 1. The highest BCUT2D eigenvalue weighted by molar-refractivity contribution is 7.09. The molecule has 0 radical (unpaired) electrons. The largest absolute Gasteiger partial charge is 0.451 e. The van der Waals surface area contributed by atoms with Crippen molar-refractivity contribution >= 4 is 17.3 Å². The molecule has 0 aliphatic heterocycles. The number of carbonyl (C=O) groups is 1. The highest BCUT2D eigenvalue weighted by atomic mass is 32.1. The monoisotopic (exact) mass is 319 g/mol. The van der Waals surface area contributed by atoms with Crippen LogP contribution in [0.25, 0.3) is 0 Å². The quantitative estimate of drug-likeness (QED) is 0.638. The zero-order valence-corrected chi connectivity index (χ0v) is 11.3. The minimum atomic E-state index is -4.58. The van der Waals surface area contributed by atoms with Gasteiger partial charge in [-0.25, -0.2) is 14.2 Å². The first kappa shape index (κ1) is 15.4. The van der Waals surface area contributed by atoms with Gasteiger partial charge in [0.25, 0.3) is 0 Å². The summed E-state index contributed by atoms with van der Waals surface area (Å²) >= 11 is 1.05. The third-order valence-electron chi connectivity index (χ3n) is 2.43. The molecule has 0 saturated heterocycles. The summed E-state index contributed by atoms with van der Waals surface area (Å²) in [5.41, 5.74) is 0.178. The smallest absolute Gasteiger partial charge is 0.422 e. The fraction of sp³-hybridized carbons (Fsp3) is 0.231. The first-order chi connectivity index (χ1) is 9.85. The summed E-state index contributed by atoms with van der Waals surface area (Å²) in [6.07, 6.45) is -4.43. The summed E-state index contributed by atoms with van der Waals surface area (Å²) in [7, 11) is 0. The molecule has 21 heavy (non-hydrogen) atoms. The maximum Gasteiger partial charge on any atom is 0.422 e. The number of ether oxygens (including phenoxy) is 1. The molecular weight excluding hydrogens is 310 g/mol. The van der Waals surface area contributed by atoms with E-state index in [2.05, 4.69) is 9.72 Å². The topological polar surface area (TPSA) is 39.2 Å². The summed E-state index contributed by atoms with van der Waals surface area (Å²) < 4.78 is 53.3. The molecule has 0 fully saturated rings. The van der Waals surface area contributed by atoms with E-state index in [-0.39, 0.29) is 12.1 Å². The van der Waals surface area contributed by atoms with E-state index in [9.17, 15) is 22.4 Å². The number of rotatable bonds is 4. The molecule has 2 rings (SSSR count). The number of alkyl halides is 3. The number of thiazole rings is 1. The highest BCUT2D eigenvalue weighted by Crippen LogP contribution is 2.19. The van der Waals surface area contributed by atoms with Crippen molar-refractivity contribution in [3.63, 3.8) is 0 Å². The third-order valence-corrected chi connectivity index (χ3v) is 3.28. The Kier molecular flexibility index (Phi) is 4.56. The van der Waals surface area contributed by atoms with E-state index in [1.807, 2.05) is 0 Å². The molecular formula is C13H9F4NO2S. The fourth-order valence-electron chi connectivity index (χ4n) is 1.51. The van der Waals surface area contributed by atoms with Crippen LogP contribution in [0.1, 0.15) is 21.1 Å². The van der Waals surface area contributed by atoms with Crippen molar-refractivity contribution in [3.05, 3.63) is 51.7 Å².